The maximum Gasteiger partial charge on any atom is 0.255 e. The average Bonchev–Trinajstić information content (AvgIpc) is 3.07. The Labute approximate surface area is 143 Å². The normalized spacial score (nSPS) is 23.5. The number of carbonyl (C=O) groups is 1. The van der Waals surface area contributed by atoms with Gasteiger partial charge in [-0.3, -0.25) is 4.79 Å². The first-order valence-corrected chi connectivity index (χ1v) is 8.65. The molecule has 0 bridgehead atoms. The first-order valence-electron chi connectivity index (χ1n) is 8.65. The Morgan fingerprint density at radius 1 is 1.38 bits per heavy atom. The molecule has 132 valence electrons. The van der Waals surface area contributed by atoms with E-state index in [4.69, 9.17) is 9.47 Å². The Kier molecular flexibility index (Phi) is 5.06. The van der Waals surface area contributed by atoms with Gasteiger partial charge in [-0.15, -0.1) is 0 Å². The molecule has 2 aliphatic rings. The zero-order valence-corrected chi connectivity index (χ0v) is 14.8. The lowest BCUT2D eigenvalue weighted by molar-refractivity contribution is -0.143. The van der Waals surface area contributed by atoms with E-state index in [2.05, 4.69) is 9.88 Å². The first-order chi connectivity index (χ1) is 11.5. The van der Waals surface area contributed by atoms with Crippen LogP contribution >= 0.6 is 0 Å². The minimum absolute atomic E-state index is 0.00736. The summed E-state index contributed by atoms with van der Waals surface area (Å²) >= 11 is 0. The molecule has 0 aliphatic carbocycles. The van der Waals surface area contributed by atoms with Gasteiger partial charge in [0.05, 0.1) is 23.9 Å². The molecule has 0 saturated carbocycles. The maximum atomic E-state index is 12.8. The zero-order chi connectivity index (χ0) is 17.2. The van der Waals surface area contributed by atoms with Crippen LogP contribution in [-0.2, 0) is 9.47 Å². The third-order valence-corrected chi connectivity index (χ3v) is 4.55. The Bertz CT molecular complexity index is 567. The smallest absolute Gasteiger partial charge is 0.255 e. The topological polar surface area (TPSA) is 54.9 Å². The summed E-state index contributed by atoms with van der Waals surface area (Å²) in [7, 11) is 1.65. The summed E-state index contributed by atoms with van der Waals surface area (Å²) in [6.07, 6.45) is 4.03. The molecule has 3 heterocycles. The molecule has 2 saturated heterocycles. The summed E-state index contributed by atoms with van der Waals surface area (Å²) in [4.78, 5) is 21.4. The minimum atomic E-state index is -0.375. The van der Waals surface area contributed by atoms with Crippen LogP contribution in [-0.4, -0.2) is 67.4 Å². The van der Waals surface area contributed by atoms with Crippen molar-refractivity contribution in [2.24, 2.45) is 0 Å². The van der Waals surface area contributed by atoms with Gasteiger partial charge in [0, 0.05) is 39.5 Å². The number of methoxy groups -OCH3 is 1. The summed E-state index contributed by atoms with van der Waals surface area (Å²) in [6, 6.07) is 3.84. The summed E-state index contributed by atoms with van der Waals surface area (Å²) in [5.74, 6) is 0.969. The highest BCUT2D eigenvalue weighted by atomic mass is 16.5. The number of pyridine rings is 1. The predicted molar refractivity (Wildman–Crippen MR) is 92.4 cm³/mol. The summed E-state index contributed by atoms with van der Waals surface area (Å²) in [5.41, 5.74) is 0.256. The molecule has 6 nitrogen and oxygen atoms in total. The van der Waals surface area contributed by atoms with Crippen LogP contribution < -0.4 is 4.90 Å². The molecule has 0 aromatic carbocycles. The Morgan fingerprint density at radius 2 is 2.12 bits per heavy atom. The van der Waals surface area contributed by atoms with Crippen LogP contribution in [0.2, 0.25) is 0 Å². The van der Waals surface area contributed by atoms with Crippen LogP contribution in [0.1, 0.15) is 37.0 Å². The number of hydrogen-bond donors (Lipinski definition) is 0. The third kappa shape index (κ3) is 3.87. The molecular weight excluding hydrogens is 306 g/mol. The van der Waals surface area contributed by atoms with Gasteiger partial charge in [-0.2, -0.15) is 0 Å². The number of aromatic nitrogens is 1. The fraction of sp³-hybridized carbons (Fsp3) is 0.667. The average molecular weight is 333 g/mol. The van der Waals surface area contributed by atoms with Crippen molar-refractivity contribution in [3.8, 4) is 0 Å². The lowest BCUT2D eigenvalue weighted by Crippen LogP contribution is -2.55. The highest BCUT2D eigenvalue weighted by Gasteiger charge is 2.36. The molecule has 6 heteroatoms. The molecule has 24 heavy (non-hydrogen) atoms. The van der Waals surface area contributed by atoms with E-state index < -0.39 is 0 Å². The fourth-order valence-corrected chi connectivity index (χ4v) is 3.55. The zero-order valence-electron chi connectivity index (χ0n) is 14.8. The van der Waals surface area contributed by atoms with Gasteiger partial charge in [0.1, 0.15) is 5.82 Å². The van der Waals surface area contributed by atoms with Crippen molar-refractivity contribution in [3.63, 3.8) is 0 Å². The minimum Gasteiger partial charge on any atom is -0.382 e. The van der Waals surface area contributed by atoms with Crippen molar-refractivity contribution in [1.29, 1.82) is 0 Å². The Hall–Kier alpha value is -1.66. The highest BCUT2D eigenvalue weighted by molar-refractivity contribution is 5.94. The van der Waals surface area contributed by atoms with Gasteiger partial charge in [-0.25, -0.2) is 4.98 Å². The van der Waals surface area contributed by atoms with Crippen molar-refractivity contribution < 1.29 is 14.3 Å². The number of nitrogens with zero attached hydrogens (tertiary/aromatic N) is 3. The predicted octanol–water partition coefficient (Wildman–Crippen LogP) is 1.95. The largest absolute Gasteiger partial charge is 0.382 e. The molecule has 2 aliphatic heterocycles. The van der Waals surface area contributed by atoms with Crippen LogP contribution in [0.5, 0.6) is 0 Å². The maximum absolute atomic E-state index is 12.8. The van der Waals surface area contributed by atoms with Gasteiger partial charge in [0.15, 0.2) is 0 Å². The highest BCUT2D eigenvalue weighted by Crippen LogP contribution is 2.23. The number of anilines is 1. The van der Waals surface area contributed by atoms with Crippen molar-refractivity contribution in [3.05, 3.63) is 23.9 Å². The molecule has 0 radical (unpaired) electrons. The van der Waals surface area contributed by atoms with Crippen molar-refractivity contribution in [2.45, 2.75) is 38.4 Å². The molecule has 0 unspecified atom stereocenters. The molecule has 0 N–H and O–H groups in total. The van der Waals surface area contributed by atoms with Crippen molar-refractivity contribution >= 4 is 11.7 Å². The standard InChI is InChI=1S/C18H27N3O3/c1-18(2)13-21(11-15(24-18)12-23-3)17(22)14-6-7-16(19-10-14)20-8-4-5-9-20/h6-7,10,15H,4-5,8-9,11-13H2,1-3H3/t15-/m1/s1. The molecule has 3 rings (SSSR count). The summed E-state index contributed by atoms with van der Waals surface area (Å²) in [6.45, 7) is 7.71. The van der Waals surface area contributed by atoms with Gasteiger partial charge in [0.25, 0.3) is 5.91 Å². The Morgan fingerprint density at radius 3 is 2.75 bits per heavy atom. The molecular formula is C18H27N3O3. The Balaban J connectivity index is 1.70. The summed E-state index contributed by atoms with van der Waals surface area (Å²) < 4.78 is 11.2. The van der Waals surface area contributed by atoms with E-state index in [9.17, 15) is 4.79 Å². The molecule has 1 aromatic heterocycles. The van der Waals surface area contributed by atoms with Gasteiger partial charge < -0.3 is 19.3 Å². The number of ether oxygens (including phenoxy) is 2. The molecule has 0 spiro atoms. The van der Waals surface area contributed by atoms with Crippen LogP contribution in [0, 0.1) is 0 Å². The molecule has 1 aromatic rings. The van der Waals surface area contributed by atoms with Crippen LogP contribution in [0.3, 0.4) is 0 Å². The lowest BCUT2D eigenvalue weighted by Gasteiger charge is -2.42. The van der Waals surface area contributed by atoms with Gasteiger partial charge in [-0.05, 0) is 38.8 Å². The molecule has 1 atom stereocenters. The van der Waals surface area contributed by atoms with Crippen LogP contribution in [0.25, 0.3) is 0 Å². The van der Waals surface area contributed by atoms with Gasteiger partial charge >= 0.3 is 0 Å². The van der Waals surface area contributed by atoms with E-state index in [1.54, 1.807) is 13.3 Å². The molecule has 2 fully saturated rings. The second kappa shape index (κ2) is 7.07. The first kappa shape index (κ1) is 17.2. The van der Waals surface area contributed by atoms with Crippen LogP contribution in [0.4, 0.5) is 5.82 Å². The van der Waals surface area contributed by atoms with E-state index in [1.807, 2.05) is 30.9 Å². The summed E-state index contributed by atoms with van der Waals surface area (Å²) in [5, 5.41) is 0. The van der Waals surface area contributed by atoms with E-state index in [-0.39, 0.29) is 17.6 Å². The SMILES string of the molecule is COC[C@H]1CN(C(=O)c2ccc(N3CCCC3)nc2)CC(C)(C)O1. The van der Waals surface area contributed by atoms with E-state index in [1.165, 1.54) is 12.8 Å². The second-order valence-electron chi connectivity index (χ2n) is 7.24. The van der Waals surface area contributed by atoms with Gasteiger partial charge in [0.2, 0.25) is 0 Å². The fourth-order valence-electron chi connectivity index (χ4n) is 3.55. The quantitative estimate of drug-likeness (QED) is 0.843. The van der Waals surface area contributed by atoms with Crippen molar-refractivity contribution in [2.75, 3.05) is 44.8 Å². The van der Waals surface area contributed by atoms with E-state index in [0.717, 1.165) is 18.9 Å². The van der Waals surface area contributed by atoms with E-state index >= 15 is 0 Å². The number of rotatable bonds is 4. The number of amides is 1. The number of morpholine rings is 1. The van der Waals surface area contributed by atoms with Gasteiger partial charge in [-0.1, -0.05) is 0 Å². The molecule has 1 amide bonds. The second-order valence-corrected chi connectivity index (χ2v) is 7.24. The number of carbonyl (C=O) groups excluding carboxylic acids is 1. The lowest BCUT2D eigenvalue weighted by atomic mass is 10.0. The number of hydrogen-bond acceptors (Lipinski definition) is 5. The van der Waals surface area contributed by atoms with E-state index in [0.29, 0.717) is 25.3 Å². The van der Waals surface area contributed by atoms with Crippen LogP contribution in [0.15, 0.2) is 18.3 Å². The van der Waals surface area contributed by atoms with Crippen molar-refractivity contribution in [1.82, 2.24) is 9.88 Å². The third-order valence-electron chi connectivity index (χ3n) is 4.55. The monoisotopic (exact) mass is 333 g/mol.